The number of nitrogens with zero attached hydrogens (tertiary/aromatic N) is 5. The zero-order chi connectivity index (χ0) is 17.1. The maximum Gasteiger partial charge on any atom is 0.228 e. The van der Waals surface area contributed by atoms with Crippen molar-refractivity contribution in [2.24, 2.45) is 0 Å². The van der Waals surface area contributed by atoms with E-state index < -0.39 is 5.82 Å². The van der Waals surface area contributed by atoms with E-state index in [0.29, 0.717) is 25.2 Å². The van der Waals surface area contributed by atoms with E-state index in [1.807, 2.05) is 23.9 Å². The summed E-state index contributed by atoms with van der Waals surface area (Å²) >= 11 is 0. The highest BCUT2D eigenvalue weighted by Crippen LogP contribution is 2.22. The van der Waals surface area contributed by atoms with Gasteiger partial charge in [0.05, 0.1) is 18.3 Å². The summed E-state index contributed by atoms with van der Waals surface area (Å²) in [6.45, 7) is 1.25. The van der Waals surface area contributed by atoms with E-state index in [9.17, 15) is 9.18 Å². The van der Waals surface area contributed by atoms with Crippen LogP contribution in [0, 0.1) is 5.82 Å². The summed E-state index contributed by atoms with van der Waals surface area (Å²) in [7, 11) is 3.91. The first-order valence-electron chi connectivity index (χ1n) is 7.93. The maximum atomic E-state index is 12.9. The summed E-state index contributed by atoms with van der Waals surface area (Å²) in [4.78, 5) is 29.0. The van der Waals surface area contributed by atoms with E-state index in [4.69, 9.17) is 0 Å². The van der Waals surface area contributed by atoms with Crippen LogP contribution in [0.1, 0.15) is 17.0 Å². The molecule has 0 N–H and O–H groups in total. The van der Waals surface area contributed by atoms with Crippen molar-refractivity contribution >= 4 is 11.7 Å². The van der Waals surface area contributed by atoms with Crippen LogP contribution in [0.4, 0.5) is 10.2 Å². The third kappa shape index (κ3) is 3.50. The van der Waals surface area contributed by atoms with Gasteiger partial charge in [0.15, 0.2) is 0 Å². The topological polar surface area (TPSA) is 62.2 Å². The molecule has 0 saturated carbocycles. The van der Waals surface area contributed by atoms with Crippen LogP contribution < -0.4 is 4.90 Å². The average molecular weight is 329 g/mol. The van der Waals surface area contributed by atoms with Crippen molar-refractivity contribution < 1.29 is 9.18 Å². The molecule has 0 atom stereocenters. The first kappa shape index (κ1) is 16.3. The SMILES string of the molecule is CN(C)c1ncnc2c1CCN(C(=O)Cc1ccc(F)cn1)CC2. The molecule has 0 aromatic carbocycles. The molecule has 0 unspecified atom stereocenters. The minimum absolute atomic E-state index is 0.00118. The van der Waals surface area contributed by atoms with Crippen LogP contribution in [0.15, 0.2) is 24.7 Å². The van der Waals surface area contributed by atoms with Gasteiger partial charge in [-0.05, 0) is 18.6 Å². The van der Waals surface area contributed by atoms with Gasteiger partial charge in [0, 0.05) is 44.9 Å². The third-order valence-corrected chi connectivity index (χ3v) is 4.16. The molecular formula is C17H20FN5O. The normalized spacial score (nSPS) is 14.0. The molecule has 7 heteroatoms. The lowest BCUT2D eigenvalue weighted by atomic mass is 10.1. The maximum absolute atomic E-state index is 12.9. The summed E-state index contributed by atoms with van der Waals surface area (Å²) in [5.74, 6) is 0.516. The first-order chi connectivity index (χ1) is 11.5. The lowest BCUT2D eigenvalue weighted by molar-refractivity contribution is -0.130. The Bertz CT molecular complexity index is 732. The van der Waals surface area contributed by atoms with Gasteiger partial charge < -0.3 is 9.80 Å². The lowest BCUT2D eigenvalue weighted by Gasteiger charge is -2.20. The number of hydrogen-bond acceptors (Lipinski definition) is 5. The fraction of sp³-hybridized carbons (Fsp3) is 0.412. The second kappa shape index (κ2) is 6.90. The number of pyridine rings is 1. The zero-order valence-electron chi connectivity index (χ0n) is 13.9. The number of amides is 1. The number of fused-ring (bicyclic) bond motifs is 1. The molecule has 1 aliphatic heterocycles. The fourth-order valence-electron chi connectivity index (χ4n) is 2.92. The van der Waals surface area contributed by atoms with E-state index in [2.05, 4.69) is 15.0 Å². The van der Waals surface area contributed by atoms with Crippen LogP contribution in [0.2, 0.25) is 0 Å². The standard InChI is InChI=1S/C17H20FN5O/c1-22(2)17-14-5-7-23(8-6-15(14)20-11-21-17)16(24)9-13-4-3-12(18)10-19-13/h3-4,10-11H,5-9H2,1-2H3. The predicted octanol–water partition coefficient (Wildman–Crippen LogP) is 1.25. The van der Waals surface area contributed by atoms with Gasteiger partial charge in [-0.3, -0.25) is 9.78 Å². The van der Waals surface area contributed by atoms with Crippen molar-refractivity contribution in [1.82, 2.24) is 19.9 Å². The Kier molecular flexibility index (Phi) is 4.69. The van der Waals surface area contributed by atoms with Crippen molar-refractivity contribution in [2.75, 3.05) is 32.1 Å². The molecule has 1 aliphatic rings. The van der Waals surface area contributed by atoms with Crippen LogP contribution in [0.5, 0.6) is 0 Å². The van der Waals surface area contributed by atoms with Gasteiger partial charge in [0.25, 0.3) is 0 Å². The van der Waals surface area contributed by atoms with Gasteiger partial charge in [-0.15, -0.1) is 0 Å². The first-order valence-corrected chi connectivity index (χ1v) is 7.93. The van der Waals surface area contributed by atoms with Crippen molar-refractivity contribution in [3.8, 4) is 0 Å². The Morgan fingerprint density at radius 2 is 2.00 bits per heavy atom. The van der Waals surface area contributed by atoms with Crippen LogP contribution in [-0.4, -0.2) is 52.9 Å². The van der Waals surface area contributed by atoms with Gasteiger partial charge in [0.2, 0.25) is 5.91 Å². The summed E-state index contributed by atoms with van der Waals surface area (Å²) in [6.07, 6.45) is 4.34. The number of halogens is 1. The molecule has 126 valence electrons. The molecule has 0 radical (unpaired) electrons. The van der Waals surface area contributed by atoms with Gasteiger partial charge in [-0.2, -0.15) is 0 Å². The second-order valence-electron chi connectivity index (χ2n) is 6.04. The monoisotopic (exact) mass is 329 g/mol. The van der Waals surface area contributed by atoms with Crippen LogP contribution in [0.3, 0.4) is 0 Å². The van der Waals surface area contributed by atoms with Gasteiger partial charge >= 0.3 is 0 Å². The molecule has 3 rings (SSSR count). The number of carbonyl (C=O) groups excluding carboxylic acids is 1. The summed E-state index contributed by atoms with van der Waals surface area (Å²) < 4.78 is 12.9. The molecular weight excluding hydrogens is 309 g/mol. The molecule has 6 nitrogen and oxygen atoms in total. The summed E-state index contributed by atoms with van der Waals surface area (Å²) in [6, 6.07) is 2.88. The third-order valence-electron chi connectivity index (χ3n) is 4.16. The van der Waals surface area contributed by atoms with E-state index in [-0.39, 0.29) is 12.3 Å². The summed E-state index contributed by atoms with van der Waals surface area (Å²) in [5.41, 5.74) is 2.69. The number of anilines is 1. The molecule has 0 bridgehead atoms. The van der Waals surface area contributed by atoms with E-state index in [0.717, 1.165) is 29.7 Å². The largest absolute Gasteiger partial charge is 0.362 e. The molecule has 0 aliphatic carbocycles. The van der Waals surface area contributed by atoms with Crippen molar-refractivity contribution in [3.05, 3.63) is 47.4 Å². The zero-order valence-corrected chi connectivity index (χ0v) is 13.9. The van der Waals surface area contributed by atoms with Crippen LogP contribution in [0.25, 0.3) is 0 Å². The van der Waals surface area contributed by atoms with Crippen molar-refractivity contribution in [2.45, 2.75) is 19.3 Å². The number of rotatable bonds is 3. The highest BCUT2D eigenvalue weighted by molar-refractivity contribution is 5.78. The molecule has 2 aromatic rings. The smallest absolute Gasteiger partial charge is 0.228 e. The van der Waals surface area contributed by atoms with Gasteiger partial charge in [-0.1, -0.05) is 0 Å². The van der Waals surface area contributed by atoms with Crippen LogP contribution in [-0.2, 0) is 24.1 Å². The van der Waals surface area contributed by atoms with E-state index >= 15 is 0 Å². The minimum atomic E-state index is -0.397. The van der Waals surface area contributed by atoms with E-state index in [1.54, 1.807) is 12.4 Å². The Balaban J connectivity index is 1.71. The Morgan fingerprint density at radius 3 is 2.71 bits per heavy atom. The van der Waals surface area contributed by atoms with Gasteiger partial charge in [-0.25, -0.2) is 14.4 Å². The van der Waals surface area contributed by atoms with Crippen molar-refractivity contribution in [3.63, 3.8) is 0 Å². The molecule has 24 heavy (non-hydrogen) atoms. The number of carbonyl (C=O) groups is 1. The Morgan fingerprint density at radius 1 is 1.21 bits per heavy atom. The Labute approximate surface area is 140 Å². The molecule has 0 spiro atoms. The molecule has 1 amide bonds. The molecule has 0 fully saturated rings. The average Bonchev–Trinajstić information content (AvgIpc) is 2.79. The van der Waals surface area contributed by atoms with Crippen molar-refractivity contribution in [1.29, 1.82) is 0 Å². The quantitative estimate of drug-likeness (QED) is 0.848. The van der Waals surface area contributed by atoms with Gasteiger partial charge in [0.1, 0.15) is 18.0 Å². The fourth-order valence-corrected chi connectivity index (χ4v) is 2.92. The van der Waals surface area contributed by atoms with E-state index in [1.165, 1.54) is 6.07 Å². The lowest BCUT2D eigenvalue weighted by Crippen LogP contribution is -2.34. The predicted molar refractivity (Wildman–Crippen MR) is 88.2 cm³/mol. The Hall–Kier alpha value is -2.57. The minimum Gasteiger partial charge on any atom is -0.362 e. The summed E-state index contributed by atoms with van der Waals surface area (Å²) in [5, 5.41) is 0. The number of hydrogen-bond donors (Lipinski definition) is 0. The molecule has 0 saturated heterocycles. The number of aromatic nitrogens is 3. The highest BCUT2D eigenvalue weighted by atomic mass is 19.1. The molecule has 2 aromatic heterocycles. The molecule has 3 heterocycles. The highest BCUT2D eigenvalue weighted by Gasteiger charge is 2.22. The second-order valence-corrected chi connectivity index (χ2v) is 6.04. The van der Waals surface area contributed by atoms with Crippen LogP contribution >= 0.6 is 0 Å².